The van der Waals surface area contributed by atoms with Crippen LogP contribution in [-0.2, 0) is 11.2 Å². The molecule has 1 atom stereocenters. The summed E-state index contributed by atoms with van der Waals surface area (Å²) in [6.45, 7) is 0.347. The summed E-state index contributed by atoms with van der Waals surface area (Å²) in [6.07, 6.45) is 2.40. The SMILES string of the molecule is CN(C)C(=O)C(CN)Cc1cccc2cccnc12. The van der Waals surface area contributed by atoms with Gasteiger partial charge in [-0.05, 0) is 18.1 Å². The smallest absolute Gasteiger partial charge is 0.226 e. The molecule has 0 bridgehead atoms. The number of hydrogen-bond donors (Lipinski definition) is 1. The molecule has 0 aliphatic carbocycles. The van der Waals surface area contributed by atoms with Gasteiger partial charge in [0.05, 0.1) is 11.4 Å². The van der Waals surface area contributed by atoms with Gasteiger partial charge in [0.2, 0.25) is 5.91 Å². The van der Waals surface area contributed by atoms with Crippen molar-refractivity contribution in [1.82, 2.24) is 9.88 Å². The third kappa shape index (κ3) is 2.90. The van der Waals surface area contributed by atoms with E-state index in [1.54, 1.807) is 25.2 Å². The number of fused-ring (bicyclic) bond motifs is 1. The van der Waals surface area contributed by atoms with Crippen molar-refractivity contribution in [2.45, 2.75) is 6.42 Å². The first-order valence-corrected chi connectivity index (χ1v) is 6.37. The highest BCUT2D eigenvalue weighted by Crippen LogP contribution is 2.19. The maximum Gasteiger partial charge on any atom is 0.226 e. The fourth-order valence-electron chi connectivity index (χ4n) is 2.23. The zero-order valence-electron chi connectivity index (χ0n) is 11.3. The summed E-state index contributed by atoms with van der Waals surface area (Å²) in [5.74, 6) is -0.127. The molecule has 1 heterocycles. The summed E-state index contributed by atoms with van der Waals surface area (Å²) < 4.78 is 0. The molecule has 2 N–H and O–H groups in total. The Labute approximate surface area is 113 Å². The van der Waals surface area contributed by atoms with Crippen molar-refractivity contribution in [3.8, 4) is 0 Å². The molecule has 0 aliphatic heterocycles. The second kappa shape index (κ2) is 5.80. The van der Waals surface area contributed by atoms with Gasteiger partial charge in [-0.25, -0.2) is 0 Å². The number of aromatic nitrogens is 1. The molecule has 1 unspecified atom stereocenters. The lowest BCUT2D eigenvalue weighted by Gasteiger charge is -2.19. The van der Waals surface area contributed by atoms with E-state index in [0.29, 0.717) is 13.0 Å². The molecule has 100 valence electrons. The maximum atomic E-state index is 12.0. The second-order valence-corrected chi connectivity index (χ2v) is 4.86. The molecular formula is C15H19N3O. The Morgan fingerprint density at radius 1 is 1.32 bits per heavy atom. The number of benzene rings is 1. The van der Waals surface area contributed by atoms with Gasteiger partial charge >= 0.3 is 0 Å². The third-order valence-corrected chi connectivity index (χ3v) is 3.26. The fraction of sp³-hybridized carbons (Fsp3) is 0.333. The van der Waals surface area contributed by atoms with Crippen molar-refractivity contribution in [1.29, 1.82) is 0 Å². The first-order valence-electron chi connectivity index (χ1n) is 6.37. The van der Waals surface area contributed by atoms with E-state index in [1.807, 2.05) is 30.3 Å². The van der Waals surface area contributed by atoms with Crippen molar-refractivity contribution in [2.75, 3.05) is 20.6 Å². The van der Waals surface area contributed by atoms with E-state index in [0.717, 1.165) is 16.5 Å². The van der Waals surface area contributed by atoms with E-state index < -0.39 is 0 Å². The Hall–Kier alpha value is -1.94. The van der Waals surface area contributed by atoms with Gasteiger partial charge in [0.15, 0.2) is 0 Å². The number of amides is 1. The lowest BCUT2D eigenvalue weighted by molar-refractivity contribution is -0.132. The number of rotatable bonds is 4. The summed E-state index contributed by atoms with van der Waals surface area (Å²) >= 11 is 0. The molecule has 0 aliphatic rings. The van der Waals surface area contributed by atoms with Crippen LogP contribution in [0.15, 0.2) is 36.5 Å². The zero-order valence-corrected chi connectivity index (χ0v) is 11.3. The molecular weight excluding hydrogens is 238 g/mol. The van der Waals surface area contributed by atoms with E-state index in [2.05, 4.69) is 4.98 Å². The quantitative estimate of drug-likeness (QED) is 0.901. The summed E-state index contributed by atoms with van der Waals surface area (Å²) in [5, 5.41) is 1.09. The van der Waals surface area contributed by atoms with Gasteiger partial charge in [-0.2, -0.15) is 0 Å². The van der Waals surface area contributed by atoms with Gasteiger partial charge in [-0.15, -0.1) is 0 Å². The molecule has 2 aromatic rings. The largest absolute Gasteiger partial charge is 0.349 e. The van der Waals surface area contributed by atoms with E-state index in [4.69, 9.17) is 5.73 Å². The Bertz CT molecular complexity index is 575. The van der Waals surface area contributed by atoms with Crippen LogP contribution in [0.4, 0.5) is 0 Å². The number of pyridine rings is 1. The molecule has 1 aromatic carbocycles. The van der Waals surface area contributed by atoms with Crippen LogP contribution in [0.2, 0.25) is 0 Å². The number of hydrogen-bond acceptors (Lipinski definition) is 3. The van der Waals surface area contributed by atoms with Gasteiger partial charge in [0.1, 0.15) is 0 Å². The third-order valence-electron chi connectivity index (χ3n) is 3.26. The molecule has 2 rings (SSSR count). The van der Waals surface area contributed by atoms with E-state index >= 15 is 0 Å². The van der Waals surface area contributed by atoms with Gasteiger partial charge < -0.3 is 10.6 Å². The first-order chi connectivity index (χ1) is 9.13. The lowest BCUT2D eigenvalue weighted by atomic mass is 9.96. The van der Waals surface area contributed by atoms with Crippen LogP contribution < -0.4 is 5.73 Å². The normalized spacial score (nSPS) is 12.4. The van der Waals surface area contributed by atoms with E-state index in [1.165, 1.54) is 0 Å². The van der Waals surface area contributed by atoms with Crippen molar-refractivity contribution in [3.05, 3.63) is 42.1 Å². The molecule has 19 heavy (non-hydrogen) atoms. The summed E-state index contributed by atoms with van der Waals surface area (Å²) in [7, 11) is 3.51. The van der Waals surface area contributed by atoms with Crippen LogP contribution in [0.3, 0.4) is 0 Å². The standard InChI is InChI=1S/C15H19N3O/c1-18(2)15(19)13(10-16)9-12-6-3-5-11-7-4-8-17-14(11)12/h3-8,13H,9-10,16H2,1-2H3. The predicted molar refractivity (Wildman–Crippen MR) is 76.7 cm³/mol. The number of carbonyl (C=O) groups is 1. The van der Waals surface area contributed by atoms with Crippen LogP contribution in [0.5, 0.6) is 0 Å². The number of carbonyl (C=O) groups excluding carboxylic acids is 1. The molecule has 0 spiro atoms. The van der Waals surface area contributed by atoms with Crippen LogP contribution in [0, 0.1) is 5.92 Å². The minimum atomic E-state index is -0.192. The number of para-hydroxylation sites is 1. The highest BCUT2D eigenvalue weighted by Gasteiger charge is 2.20. The van der Waals surface area contributed by atoms with Gasteiger partial charge in [0, 0.05) is 32.2 Å². The van der Waals surface area contributed by atoms with E-state index in [-0.39, 0.29) is 11.8 Å². The maximum absolute atomic E-state index is 12.0. The lowest BCUT2D eigenvalue weighted by Crippen LogP contribution is -2.35. The fourth-order valence-corrected chi connectivity index (χ4v) is 2.23. The Balaban J connectivity index is 2.32. The first kappa shape index (κ1) is 13.5. The van der Waals surface area contributed by atoms with Crippen LogP contribution in [-0.4, -0.2) is 36.4 Å². The minimum Gasteiger partial charge on any atom is -0.349 e. The molecule has 1 aromatic heterocycles. The minimum absolute atomic E-state index is 0.0652. The van der Waals surface area contributed by atoms with E-state index in [9.17, 15) is 4.79 Å². The molecule has 0 saturated heterocycles. The average molecular weight is 257 g/mol. The molecule has 1 amide bonds. The molecule has 0 radical (unpaired) electrons. The Morgan fingerprint density at radius 3 is 2.74 bits per heavy atom. The average Bonchev–Trinajstić information content (AvgIpc) is 2.44. The zero-order chi connectivity index (χ0) is 13.8. The monoisotopic (exact) mass is 257 g/mol. The van der Waals surface area contributed by atoms with Gasteiger partial charge in [0.25, 0.3) is 0 Å². The van der Waals surface area contributed by atoms with Crippen LogP contribution in [0.25, 0.3) is 10.9 Å². The number of nitrogens with zero attached hydrogens (tertiary/aromatic N) is 2. The van der Waals surface area contributed by atoms with Crippen molar-refractivity contribution in [2.24, 2.45) is 11.7 Å². The summed E-state index contributed by atoms with van der Waals surface area (Å²) in [6, 6.07) is 9.97. The number of nitrogens with two attached hydrogens (primary N) is 1. The molecule has 4 heteroatoms. The van der Waals surface area contributed by atoms with Crippen LogP contribution in [0.1, 0.15) is 5.56 Å². The Morgan fingerprint density at radius 2 is 2.05 bits per heavy atom. The Kier molecular flexibility index (Phi) is 4.12. The highest BCUT2D eigenvalue weighted by molar-refractivity contribution is 5.83. The molecule has 0 fully saturated rings. The molecule has 0 saturated carbocycles. The summed E-state index contributed by atoms with van der Waals surface area (Å²) in [4.78, 5) is 18.0. The highest BCUT2D eigenvalue weighted by atomic mass is 16.2. The summed E-state index contributed by atoms with van der Waals surface area (Å²) in [5.41, 5.74) is 7.76. The predicted octanol–water partition coefficient (Wildman–Crippen LogP) is 1.44. The van der Waals surface area contributed by atoms with Gasteiger partial charge in [-0.3, -0.25) is 9.78 Å². The molecule has 4 nitrogen and oxygen atoms in total. The van der Waals surface area contributed by atoms with Crippen molar-refractivity contribution >= 4 is 16.8 Å². The van der Waals surface area contributed by atoms with Gasteiger partial charge in [-0.1, -0.05) is 24.3 Å². The van der Waals surface area contributed by atoms with Crippen LogP contribution >= 0.6 is 0 Å². The van der Waals surface area contributed by atoms with Crippen molar-refractivity contribution in [3.63, 3.8) is 0 Å². The second-order valence-electron chi connectivity index (χ2n) is 4.86. The topological polar surface area (TPSA) is 59.2 Å². The van der Waals surface area contributed by atoms with Crippen molar-refractivity contribution < 1.29 is 4.79 Å².